The Kier molecular flexibility index (Phi) is 5.58. The van der Waals surface area contributed by atoms with Crippen LogP contribution in [0.25, 0.3) is 21.9 Å². The van der Waals surface area contributed by atoms with Gasteiger partial charge >= 0.3 is 0 Å². The van der Waals surface area contributed by atoms with E-state index in [4.69, 9.17) is 9.47 Å². The summed E-state index contributed by atoms with van der Waals surface area (Å²) in [5.41, 5.74) is 4.64. The van der Waals surface area contributed by atoms with Crippen molar-refractivity contribution >= 4 is 33.4 Å². The molecule has 2 N–H and O–H groups in total. The van der Waals surface area contributed by atoms with Crippen LogP contribution in [0.5, 0.6) is 17.4 Å². The van der Waals surface area contributed by atoms with Crippen molar-refractivity contribution in [3.63, 3.8) is 0 Å². The van der Waals surface area contributed by atoms with Crippen molar-refractivity contribution in [2.24, 2.45) is 7.05 Å². The second-order valence-electron chi connectivity index (χ2n) is 10.3. The molecule has 5 heterocycles. The number of benzene rings is 2. The van der Waals surface area contributed by atoms with E-state index >= 15 is 0 Å². The third kappa shape index (κ3) is 4.39. The summed E-state index contributed by atoms with van der Waals surface area (Å²) in [6.07, 6.45) is 9.82. The molecule has 0 amide bonds. The molecule has 2 fully saturated rings. The number of pyridine rings is 1. The zero-order chi connectivity index (χ0) is 25.6. The number of ether oxygens (including phenoxy) is 2. The van der Waals surface area contributed by atoms with Crippen molar-refractivity contribution < 1.29 is 9.47 Å². The number of hydrogen-bond donors (Lipinski definition) is 2. The van der Waals surface area contributed by atoms with Gasteiger partial charge in [0.2, 0.25) is 5.88 Å². The predicted molar refractivity (Wildman–Crippen MR) is 146 cm³/mol. The van der Waals surface area contributed by atoms with Gasteiger partial charge in [-0.3, -0.25) is 0 Å². The highest BCUT2D eigenvalue weighted by molar-refractivity contribution is 5.90. The molecule has 2 bridgehead atoms. The smallest absolute Gasteiger partial charge is 0.214 e. The number of rotatable bonds is 6. The Bertz CT molecular complexity index is 1640. The molecule has 2 aliphatic heterocycles. The molecule has 9 nitrogen and oxygen atoms in total. The fourth-order valence-corrected chi connectivity index (χ4v) is 5.66. The van der Waals surface area contributed by atoms with Crippen LogP contribution in [0.1, 0.15) is 31.2 Å². The summed E-state index contributed by atoms with van der Waals surface area (Å²) in [6.45, 7) is 2.03. The SMILES string of the molecule is Cc1cc(Nc2ncnc3cnc(OC4C[C@H]5CC[C@@H](C4)N5)cc23)ccc1Oc1ccc2c(c1)ncn2C. The molecule has 0 aliphatic carbocycles. The molecule has 0 saturated carbocycles. The number of piperidine rings is 1. The van der Waals surface area contributed by atoms with E-state index in [0.29, 0.717) is 23.8 Å². The minimum atomic E-state index is 0.188. The first kappa shape index (κ1) is 22.9. The Hall–Kier alpha value is -4.24. The quantitative estimate of drug-likeness (QED) is 0.314. The van der Waals surface area contributed by atoms with Crippen molar-refractivity contribution in [3.8, 4) is 17.4 Å². The van der Waals surface area contributed by atoms with Gasteiger partial charge in [0, 0.05) is 42.3 Å². The van der Waals surface area contributed by atoms with Gasteiger partial charge in [-0.05, 0) is 68.5 Å². The molecule has 192 valence electrons. The van der Waals surface area contributed by atoms with Gasteiger partial charge in [-0.1, -0.05) is 0 Å². The summed E-state index contributed by atoms with van der Waals surface area (Å²) < 4.78 is 14.5. The zero-order valence-corrected chi connectivity index (χ0v) is 21.4. The maximum absolute atomic E-state index is 6.31. The molecule has 3 aromatic heterocycles. The van der Waals surface area contributed by atoms with Crippen LogP contribution in [0.4, 0.5) is 11.5 Å². The van der Waals surface area contributed by atoms with Crippen molar-refractivity contribution in [2.75, 3.05) is 5.32 Å². The highest BCUT2D eigenvalue weighted by Gasteiger charge is 2.34. The molecule has 2 aliphatic rings. The minimum Gasteiger partial charge on any atom is -0.474 e. The molecule has 9 heteroatoms. The third-order valence-corrected chi connectivity index (χ3v) is 7.58. The molecule has 7 rings (SSSR count). The van der Waals surface area contributed by atoms with Crippen LogP contribution in [0.15, 0.2) is 61.3 Å². The number of aryl methyl sites for hydroxylation is 2. The van der Waals surface area contributed by atoms with E-state index < -0.39 is 0 Å². The number of aromatic nitrogens is 5. The Morgan fingerprint density at radius 3 is 2.66 bits per heavy atom. The summed E-state index contributed by atoms with van der Waals surface area (Å²) in [6, 6.07) is 15.0. The van der Waals surface area contributed by atoms with Gasteiger partial charge < -0.3 is 24.7 Å². The highest BCUT2D eigenvalue weighted by atomic mass is 16.5. The van der Waals surface area contributed by atoms with Gasteiger partial charge in [-0.15, -0.1) is 0 Å². The van der Waals surface area contributed by atoms with Crippen LogP contribution in [-0.2, 0) is 7.05 Å². The van der Waals surface area contributed by atoms with E-state index in [1.54, 1.807) is 18.9 Å². The zero-order valence-electron chi connectivity index (χ0n) is 21.4. The third-order valence-electron chi connectivity index (χ3n) is 7.58. The van der Waals surface area contributed by atoms with Gasteiger partial charge in [0.1, 0.15) is 29.7 Å². The summed E-state index contributed by atoms with van der Waals surface area (Å²) in [4.78, 5) is 17.9. The lowest BCUT2D eigenvalue weighted by Gasteiger charge is -2.29. The topological polar surface area (TPSA) is 99.0 Å². The molecular formula is C29H29N7O2. The second kappa shape index (κ2) is 9.25. The van der Waals surface area contributed by atoms with E-state index in [-0.39, 0.29) is 6.10 Å². The normalized spacial score (nSPS) is 20.6. The van der Waals surface area contributed by atoms with Gasteiger partial charge in [0.25, 0.3) is 0 Å². The molecule has 38 heavy (non-hydrogen) atoms. The van der Waals surface area contributed by atoms with Gasteiger partial charge in [0.15, 0.2) is 0 Å². The summed E-state index contributed by atoms with van der Waals surface area (Å²) in [7, 11) is 1.98. The van der Waals surface area contributed by atoms with E-state index in [2.05, 4.69) is 30.6 Å². The molecular weight excluding hydrogens is 478 g/mol. The minimum absolute atomic E-state index is 0.188. The first-order chi connectivity index (χ1) is 18.6. The number of imidazole rings is 1. The number of nitrogens with one attached hydrogen (secondary N) is 2. The molecule has 0 radical (unpaired) electrons. The van der Waals surface area contributed by atoms with Gasteiger partial charge in [-0.2, -0.15) is 0 Å². The van der Waals surface area contributed by atoms with Gasteiger partial charge in [-0.25, -0.2) is 19.9 Å². The fourth-order valence-electron chi connectivity index (χ4n) is 5.66. The highest BCUT2D eigenvalue weighted by Crippen LogP contribution is 2.33. The number of anilines is 2. The maximum atomic E-state index is 6.31. The van der Waals surface area contributed by atoms with Crippen molar-refractivity contribution in [1.29, 1.82) is 0 Å². The van der Waals surface area contributed by atoms with Crippen molar-refractivity contribution in [3.05, 3.63) is 66.9 Å². The number of nitrogens with zero attached hydrogens (tertiary/aromatic N) is 5. The monoisotopic (exact) mass is 507 g/mol. The van der Waals surface area contributed by atoms with Crippen LogP contribution < -0.4 is 20.1 Å². The number of fused-ring (bicyclic) bond motifs is 4. The standard InChI is InChI=1S/C29H29N7O2/c1-17-9-18(5-8-27(17)37-21-6-7-26-24(12-21)33-16-36(26)2)35-29-23-13-28(30-14-25(23)31-15-32-29)38-22-10-19-3-4-20(11-22)34-19/h5-9,12-16,19-20,22,34H,3-4,10-11H2,1-2H3,(H,31,32,35)/t19-,20+,22?. The molecule has 5 aromatic rings. The molecule has 1 unspecified atom stereocenters. The summed E-state index contributed by atoms with van der Waals surface area (Å²) >= 11 is 0. The maximum Gasteiger partial charge on any atom is 0.214 e. The Labute approximate surface area is 220 Å². The molecule has 2 aromatic carbocycles. The van der Waals surface area contributed by atoms with Crippen LogP contribution in [0.3, 0.4) is 0 Å². The fraction of sp³-hybridized carbons (Fsp3) is 0.310. The first-order valence-electron chi connectivity index (χ1n) is 13.1. The largest absolute Gasteiger partial charge is 0.474 e. The van der Waals surface area contributed by atoms with Crippen LogP contribution in [0.2, 0.25) is 0 Å². The molecule has 3 atom stereocenters. The average molecular weight is 508 g/mol. The average Bonchev–Trinajstić information content (AvgIpc) is 3.46. The van der Waals surface area contributed by atoms with Crippen molar-refractivity contribution in [2.45, 2.75) is 50.8 Å². The van der Waals surface area contributed by atoms with Crippen LogP contribution in [0, 0.1) is 6.92 Å². The Balaban J connectivity index is 1.10. The second-order valence-corrected chi connectivity index (χ2v) is 10.3. The van der Waals surface area contributed by atoms with Gasteiger partial charge in [0.05, 0.1) is 29.1 Å². The molecule has 0 spiro atoms. The number of hydrogen-bond acceptors (Lipinski definition) is 8. The lowest BCUT2D eigenvalue weighted by molar-refractivity contribution is 0.132. The molecule has 2 saturated heterocycles. The van der Waals surface area contributed by atoms with E-state index in [1.165, 1.54) is 12.8 Å². The van der Waals surface area contributed by atoms with Crippen LogP contribution in [-0.4, -0.2) is 42.7 Å². The first-order valence-corrected chi connectivity index (χ1v) is 13.1. The van der Waals surface area contributed by atoms with Crippen LogP contribution >= 0.6 is 0 Å². The van der Waals surface area contributed by atoms with Crippen molar-refractivity contribution in [1.82, 2.24) is 29.8 Å². The van der Waals surface area contributed by atoms with E-state index in [0.717, 1.165) is 57.5 Å². The Morgan fingerprint density at radius 1 is 0.947 bits per heavy atom. The summed E-state index contributed by atoms with van der Waals surface area (Å²) in [5.74, 6) is 2.87. The Morgan fingerprint density at radius 2 is 1.82 bits per heavy atom. The summed E-state index contributed by atoms with van der Waals surface area (Å²) in [5, 5.41) is 7.98. The lowest BCUT2D eigenvalue weighted by atomic mass is 10.0. The van der Waals surface area contributed by atoms with E-state index in [1.807, 2.05) is 61.0 Å². The van der Waals surface area contributed by atoms with E-state index in [9.17, 15) is 0 Å². The lowest BCUT2D eigenvalue weighted by Crippen LogP contribution is -2.42. The predicted octanol–water partition coefficient (Wildman–Crippen LogP) is 5.42.